The highest BCUT2D eigenvalue weighted by atomic mass is 16.5. The summed E-state index contributed by atoms with van der Waals surface area (Å²) in [4.78, 5) is 11.7. The van der Waals surface area contributed by atoms with E-state index in [0.29, 0.717) is 6.61 Å². The van der Waals surface area contributed by atoms with Crippen molar-refractivity contribution in [2.45, 2.75) is 34.0 Å². The molecule has 0 atom stereocenters. The Morgan fingerprint density at radius 3 is 2.05 bits per heavy atom. The lowest BCUT2D eigenvalue weighted by molar-refractivity contribution is -0.154. The van der Waals surface area contributed by atoms with E-state index in [1.165, 1.54) is 0 Å². The summed E-state index contributed by atoms with van der Waals surface area (Å²) in [6, 6.07) is 17.6. The van der Waals surface area contributed by atoms with E-state index in [1.54, 1.807) is 0 Å². The van der Waals surface area contributed by atoms with Crippen LogP contribution in [0.25, 0.3) is 0 Å². The van der Waals surface area contributed by atoms with Crippen molar-refractivity contribution in [1.29, 1.82) is 0 Å². The Balaban J connectivity index is 1.84. The molecule has 2 aromatic rings. The number of esters is 1. The lowest BCUT2D eigenvalue weighted by Crippen LogP contribution is -2.22. The molecule has 0 aromatic heterocycles. The normalized spacial score (nSPS) is 11.0. The van der Waals surface area contributed by atoms with E-state index in [4.69, 9.17) is 9.47 Å². The SMILES string of the molecule is CC(C)(C)C(=O)OCc1ccc(OCc2ccccc2)cc1. The van der Waals surface area contributed by atoms with Gasteiger partial charge >= 0.3 is 5.97 Å². The van der Waals surface area contributed by atoms with Crippen molar-refractivity contribution in [3.05, 3.63) is 65.7 Å². The average Bonchev–Trinajstić information content (AvgIpc) is 2.51. The molecule has 0 saturated carbocycles. The third-order valence-electron chi connectivity index (χ3n) is 3.15. The summed E-state index contributed by atoms with van der Waals surface area (Å²) in [5.41, 5.74) is 1.61. The van der Waals surface area contributed by atoms with Gasteiger partial charge in [0.1, 0.15) is 19.0 Å². The van der Waals surface area contributed by atoms with Gasteiger partial charge in [0.05, 0.1) is 5.41 Å². The fraction of sp³-hybridized carbons (Fsp3) is 0.316. The predicted octanol–water partition coefficient (Wildman–Crippen LogP) is 4.35. The third kappa shape index (κ3) is 4.92. The molecule has 3 heteroatoms. The van der Waals surface area contributed by atoms with Crippen molar-refractivity contribution in [3.63, 3.8) is 0 Å². The Morgan fingerprint density at radius 1 is 0.864 bits per heavy atom. The number of hydrogen-bond donors (Lipinski definition) is 0. The molecule has 0 saturated heterocycles. The summed E-state index contributed by atoms with van der Waals surface area (Å²) < 4.78 is 11.0. The van der Waals surface area contributed by atoms with Crippen LogP contribution in [0.3, 0.4) is 0 Å². The summed E-state index contributed by atoms with van der Waals surface area (Å²) in [6.07, 6.45) is 0. The number of rotatable bonds is 5. The van der Waals surface area contributed by atoms with E-state index in [9.17, 15) is 4.79 Å². The smallest absolute Gasteiger partial charge is 0.311 e. The van der Waals surface area contributed by atoms with Gasteiger partial charge in [0, 0.05) is 0 Å². The van der Waals surface area contributed by atoms with Crippen molar-refractivity contribution in [2.75, 3.05) is 0 Å². The topological polar surface area (TPSA) is 35.5 Å². The molecule has 0 aliphatic rings. The molecular formula is C19H22O3. The Morgan fingerprint density at radius 2 is 1.45 bits per heavy atom. The highest BCUT2D eigenvalue weighted by Gasteiger charge is 2.22. The standard InChI is InChI=1S/C19H22O3/c1-19(2,3)18(20)22-14-16-9-11-17(12-10-16)21-13-15-7-5-4-6-8-15/h4-12H,13-14H2,1-3H3. The van der Waals surface area contributed by atoms with Crippen LogP contribution in [0.5, 0.6) is 5.75 Å². The minimum Gasteiger partial charge on any atom is -0.489 e. The maximum Gasteiger partial charge on any atom is 0.311 e. The number of hydrogen-bond acceptors (Lipinski definition) is 3. The van der Waals surface area contributed by atoms with Crippen LogP contribution in [0.1, 0.15) is 31.9 Å². The molecule has 22 heavy (non-hydrogen) atoms. The van der Waals surface area contributed by atoms with E-state index in [1.807, 2.05) is 75.4 Å². The lowest BCUT2D eigenvalue weighted by atomic mass is 9.97. The Kier molecular flexibility index (Phi) is 5.21. The van der Waals surface area contributed by atoms with Gasteiger partial charge in [-0.2, -0.15) is 0 Å². The maximum atomic E-state index is 11.7. The first-order chi connectivity index (χ1) is 10.4. The molecule has 2 rings (SSSR count). The van der Waals surface area contributed by atoms with Crippen LogP contribution in [-0.4, -0.2) is 5.97 Å². The molecule has 0 unspecified atom stereocenters. The number of carbonyl (C=O) groups is 1. The first-order valence-corrected chi connectivity index (χ1v) is 7.38. The van der Waals surface area contributed by atoms with Crippen LogP contribution < -0.4 is 4.74 Å². The minimum absolute atomic E-state index is 0.197. The quantitative estimate of drug-likeness (QED) is 0.770. The molecule has 0 heterocycles. The Labute approximate surface area is 131 Å². The summed E-state index contributed by atoms with van der Waals surface area (Å²) in [5, 5.41) is 0. The van der Waals surface area contributed by atoms with Crippen LogP contribution in [-0.2, 0) is 22.7 Å². The molecule has 0 radical (unpaired) electrons. The van der Waals surface area contributed by atoms with Gasteiger partial charge in [-0.15, -0.1) is 0 Å². The maximum absolute atomic E-state index is 11.7. The van der Waals surface area contributed by atoms with Crippen LogP contribution in [0.4, 0.5) is 0 Å². The molecule has 0 spiro atoms. The molecule has 3 nitrogen and oxygen atoms in total. The lowest BCUT2D eigenvalue weighted by Gasteiger charge is -2.16. The van der Waals surface area contributed by atoms with Crippen molar-refractivity contribution in [3.8, 4) is 5.75 Å². The molecule has 0 aliphatic carbocycles. The van der Waals surface area contributed by atoms with E-state index in [-0.39, 0.29) is 12.6 Å². The Bertz CT molecular complexity index is 595. The number of benzene rings is 2. The van der Waals surface area contributed by atoms with Crippen molar-refractivity contribution < 1.29 is 14.3 Å². The average molecular weight is 298 g/mol. The zero-order valence-electron chi connectivity index (χ0n) is 13.3. The molecule has 0 N–H and O–H groups in total. The fourth-order valence-corrected chi connectivity index (χ4v) is 1.79. The van der Waals surface area contributed by atoms with E-state index >= 15 is 0 Å². The van der Waals surface area contributed by atoms with E-state index < -0.39 is 5.41 Å². The van der Waals surface area contributed by atoms with Gasteiger partial charge in [-0.1, -0.05) is 42.5 Å². The van der Waals surface area contributed by atoms with E-state index in [2.05, 4.69) is 0 Å². The van der Waals surface area contributed by atoms with Gasteiger partial charge in [-0.3, -0.25) is 4.79 Å². The molecular weight excluding hydrogens is 276 g/mol. The van der Waals surface area contributed by atoms with Crippen molar-refractivity contribution in [1.82, 2.24) is 0 Å². The Hall–Kier alpha value is -2.29. The third-order valence-corrected chi connectivity index (χ3v) is 3.15. The van der Waals surface area contributed by atoms with Gasteiger partial charge in [0.15, 0.2) is 0 Å². The van der Waals surface area contributed by atoms with Crippen molar-refractivity contribution >= 4 is 5.97 Å². The summed E-state index contributed by atoms with van der Waals surface area (Å²) in [5.74, 6) is 0.603. The molecule has 0 bridgehead atoms. The molecule has 116 valence electrons. The van der Waals surface area contributed by atoms with Gasteiger partial charge in [0.25, 0.3) is 0 Å². The van der Waals surface area contributed by atoms with Crippen LogP contribution in [0.2, 0.25) is 0 Å². The van der Waals surface area contributed by atoms with Gasteiger partial charge in [-0.25, -0.2) is 0 Å². The highest BCUT2D eigenvalue weighted by Crippen LogP contribution is 2.18. The second-order valence-electron chi connectivity index (χ2n) is 6.24. The van der Waals surface area contributed by atoms with Crippen LogP contribution in [0, 0.1) is 5.41 Å². The molecule has 2 aromatic carbocycles. The first-order valence-electron chi connectivity index (χ1n) is 7.38. The van der Waals surface area contributed by atoms with Crippen LogP contribution >= 0.6 is 0 Å². The minimum atomic E-state index is -0.473. The summed E-state index contributed by atoms with van der Waals surface area (Å²) >= 11 is 0. The molecule has 0 aliphatic heterocycles. The van der Waals surface area contributed by atoms with E-state index in [0.717, 1.165) is 16.9 Å². The molecule has 0 fully saturated rings. The van der Waals surface area contributed by atoms with Gasteiger partial charge in [0.2, 0.25) is 0 Å². The number of ether oxygens (including phenoxy) is 2. The predicted molar refractivity (Wildman–Crippen MR) is 86.5 cm³/mol. The number of carbonyl (C=O) groups excluding carboxylic acids is 1. The van der Waals surface area contributed by atoms with Crippen molar-refractivity contribution in [2.24, 2.45) is 5.41 Å². The highest BCUT2D eigenvalue weighted by molar-refractivity contribution is 5.75. The monoisotopic (exact) mass is 298 g/mol. The van der Waals surface area contributed by atoms with Gasteiger partial charge < -0.3 is 9.47 Å². The zero-order valence-corrected chi connectivity index (χ0v) is 13.3. The summed E-state index contributed by atoms with van der Waals surface area (Å²) in [6.45, 7) is 6.36. The largest absolute Gasteiger partial charge is 0.489 e. The van der Waals surface area contributed by atoms with Crippen LogP contribution in [0.15, 0.2) is 54.6 Å². The second-order valence-corrected chi connectivity index (χ2v) is 6.24. The molecule has 0 amide bonds. The first kappa shape index (κ1) is 16.1. The van der Waals surface area contributed by atoms with Gasteiger partial charge in [-0.05, 0) is 44.0 Å². The summed E-state index contributed by atoms with van der Waals surface area (Å²) in [7, 11) is 0. The fourth-order valence-electron chi connectivity index (χ4n) is 1.79. The zero-order chi connectivity index (χ0) is 16.0. The second kappa shape index (κ2) is 7.12.